The Morgan fingerprint density at radius 2 is 1.87 bits per heavy atom. The van der Waals surface area contributed by atoms with Gasteiger partial charge in [0.05, 0.1) is 5.52 Å². The van der Waals surface area contributed by atoms with Gasteiger partial charge in [0.1, 0.15) is 17.2 Å². The first kappa shape index (κ1) is 20.3. The highest BCUT2D eigenvalue weighted by molar-refractivity contribution is 5.94. The SMILES string of the molecule is CC(CN1CCC(n2c(=O)[nH]c3c(F)cccc32)CC1)NC(=O)c1ccc(F)cc1. The summed E-state index contributed by atoms with van der Waals surface area (Å²) in [6.45, 7) is 4.16. The third kappa shape index (κ3) is 4.14. The number of rotatable bonds is 5. The van der Waals surface area contributed by atoms with Gasteiger partial charge in [-0.25, -0.2) is 13.6 Å². The highest BCUT2D eigenvalue weighted by Crippen LogP contribution is 2.25. The minimum Gasteiger partial charge on any atom is -0.348 e. The maximum atomic E-state index is 14.0. The number of nitrogens with zero attached hydrogens (tertiary/aromatic N) is 2. The van der Waals surface area contributed by atoms with Gasteiger partial charge in [0.25, 0.3) is 5.91 Å². The van der Waals surface area contributed by atoms with Crippen LogP contribution in [0.2, 0.25) is 0 Å². The molecule has 2 heterocycles. The van der Waals surface area contributed by atoms with Crippen molar-refractivity contribution in [3.63, 3.8) is 0 Å². The smallest absolute Gasteiger partial charge is 0.326 e. The number of aromatic amines is 1. The van der Waals surface area contributed by atoms with Crippen LogP contribution in [0.25, 0.3) is 11.0 Å². The van der Waals surface area contributed by atoms with Crippen LogP contribution in [0.4, 0.5) is 8.78 Å². The van der Waals surface area contributed by atoms with E-state index in [9.17, 15) is 18.4 Å². The number of para-hydroxylation sites is 1. The van der Waals surface area contributed by atoms with E-state index in [1.54, 1.807) is 16.7 Å². The van der Waals surface area contributed by atoms with Gasteiger partial charge < -0.3 is 15.2 Å². The Bertz CT molecular complexity index is 1100. The summed E-state index contributed by atoms with van der Waals surface area (Å²) in [5.74, 6) is -1.03. The summed E-state index contributed by atoms with van der Waals surface area (Å²) in [5, 5.41) is 2.94. The Hall–Kier alpha value is -3.00. The number of amides is 1. The number of carbonyl (C=O) groups is 1. The van der Waals surface area contributed by atoms with Crippen molar-refractivity contribution >= 4 is 16.9 Å². The lowest BCUT2D eigenvalue weighted by molar-refractivity contribution is 0.0921. The minimum absolute atomic E-state index is 0.00779. The number of aromatic nitrogens is 2. The van der Waals surface area contributed by atoms with Crippen molar-refractivity contribution in [1.82, 2.24) is 19.8 Å². The van der Waals surface area contributed by atoms with Crippen LogP contribution >= 0.6 is 0 Å². The predicted molar refractivity (Wildman–Crippen MR) is 111 cm³/mol. The normalized spacial score (nSPS) is 16.6. The summed E-state index contributed by atoms with van der Waals surface area (Å²) in [6, 6.07) is 10.1. The molecular weight excluding hydrogens is 390 g/mol. The fourth-order valence-corrected chi connectivity index (χ4v) is 4.18. The fraction of sp³-hybridized carbons (Fsp3) is 0.364. The summed E-state index contributed by atoms with van der Waals surface area (Å²) < 4.78 is 28.6. The largest absolute Gasteiger partial charge is 0.348 e. The minimum atomic E-state index is -0.425. The van der Waals surface area contributed by atoms with Gasteiger partial charge in [-0.1, -0.05) is 6.07 Å². The molecule has 1 atom stereocenters. The zero-order valence-electron chi connectivity index (χ0n) is 16.7. The molecule has 1 fully saturated rings. The van der Waals surface area contributed by atoms with Crippen LogP contribution < -0.4 is 11.0 Å². The molecule has 1 aliphatic rings. The lowest BCUT2D eigenvalue weighted by atomic mass is 10.0. The summed E-state index contributed by atoms with van der Waals surface area (Å²) in [4.78, 5) is 29.5. The highest BCUT2D eigenvalue weighted by Gasteiger charge is 2.25. The highest BCUT2D eigenvalue weighted by atomic mass is 19.1. The lowest BCUT2D eigenvalue weighted by Crippen LogP contribution is -2.45. The molecule has 158 valence electrons. The van der Waals surface area contributed by atoms with Gasteiger partial charge in [-0.2, -0.15) is 0 Å². The van der Waals surface area contributed by atoms with Gasteiger partial charge in [-0.15, -0.1) is 0 Å². The second-order valence-corrected chi connectivity index (χ2v) is 7.85. The Kier molecular flexibility index (Phi) is 5.67. The van der Waals surface area contributed by atoms with Crippen molar-refractivity contribution in [2.24, 2.45) is 0 Å². The van der Waals surface area contributed by atoms with Crippen LogP contribution in [-0.2, 0) is 0 Å². The Balaban J connectivity index is 1.34. The average Bonchev–Trinajstić information content (AvgIpc) is 3.06. The molecular formula is C22H24F2N4O2. The summed E-state index contributed by atoms with van der Waals surface area (Å²) >= 11 is 0. The van der Waals surface area contributed by atoms with E-state index in [0.717, 1.165) is 25.9 Å². The molecule has 1 saturated heterocycles. The molecule has 2 aromatic carbocycles. The van der Waals surface area contributed by atoms with E-state index in [-0.39, 0.29) is 35.0 Å². The van der Waals surface area contributed by atoms with Crippen LogP contribution in [0.1, 0.15) is 36.2 Å². The van der Waals surface area contributed by atoms with Crippen molar-refractivity contribution in [3.8, 4) is 0 Å². The number of piperidine rings is 1. The first-order chi connectivity index (χ1) is 14.4. The zero-order valence-corrected chi connectivity index (χ0v) is 16.7. The molecule has 30 heavy (non-hydrogen) atoms. The topological polar surface area (TPSA) is 70.1 Å². The van der Waals surface area contributed by atoms with E-state index >= 15 is 0 Å². The lowest BCUT2D eigenvalue weighted by Gasteiger charge is -2.34. The maximum absolute atomic E-state index is 14.0. The van der Waals surface area contributed by atoms with Gasteiger partial charge in [0, 0.05) is 37.3 Å². The Morgan fingerprint density at radius 3 is 2.57 bits per heavy atom. The number of fused-ring (bicyclic) bond motifs is 1. The summed E-state index contributed by atoms with van der Waals surface area (Å²) in [6.07, 6.45) is 1.53. The molecule has 1 aliphatic heterocycles. The van der Waals surface area contributed by atoms with Crippen LogP contribution in [0.15, 0.2) is 47.3 Å². The predicted octanol–water partition coefficient (Wildman–Crippen LogP) is 3.06. The Labute approximate surface area is 172 Å². The number of hydrogen-bond donors (Lipinski definition) is 2. The molecule has 4 rings (SSSR count). The molecule has 6 nitrogen and oxygen atoms in total. The number of likely N-dealkylation sites (tertiary alicyclic amines) is 1. The van der Waals surface area contributed by atoms with E-state index < -0.39 is 5.82 Å². The van der Waals surface area contributed by atoms with Crippen LogP contribution in [0.5, 0.6) is 0 Å². The number of halogens is 2. The number of imidazole rings is 1. The summed E-state index contributed by atoms with van der Waals surface area (Å²) in [7, 11) is 0. The molecule has 1 unspecified atom stereocenters. The molecule has 2 N–H and O–H groups in total. The number of nitrogens with one attached hydrogen (secondary N) is 2. The molecule has 0 aliphatic carbocycles. The van der Waals surface area contributed by atoms with Crippen LogP contribution in [0, 0.1) is 11.6 Å². The molecule has 1 amide bonds. The number of hydrogen-bond acceptors (Lipinski definition) is 3. The van der Waals surface area contributed by atoms with Crippen LogP contribution in [0.3, 0.4) is 0 Å². The van der Waals surface area contributed by atoms with Crippen molar-refractivity contribution in [2.45, 2.75) is 31.8 Å². The van der Waals surface area contributed by atoms with Crippen molar-refractivity contribution < 1.29 is 13.6 Å². The van der Waals surface area contributed by atoms with E-state index in [0.29, 0.717) is 17.6 Å². The first-order valence-corrected chi connectivity index (χ1v) is 10.1. The molecule has 3 aromatic rings. The van der Waals surface area contributed by atoms with Gasteiger partial charge in [-0.05, 0) is 56.2 Å². The van der Waals surface area contributed by atoms with Crippen molar-refractivity contribution in [3.05, 3.63) is 70.1 Å². The monoisotopic (exact) mass is 414 g/mol. The molecule has 8 heteroatoms. The average molecular weight is 414 g/mol. The summed E-state index contributed by atoms with van der Waals surface area (Å²) in [5.41, 5.74) is 0.988. The third-order valence-corrected chi connectivity index (χ3v) is 5.64. The van der Waals surface area contributed by atoms with E-state index in [4.69, 9.17) is 0 Å². The number of H-pyrrole nitrogens is 1. The van der Waals surface area contributed by atoms with Crippen molar-refractivity contribution in [1.29, 1.82) is 0 Å². The third-order valence-electron chi connectivity index (χ3n) is 5.64. The number of benzene rings is 2. The van der Waals surface area contributed by atoms with E-state index in [1.807, 2.05) is 6.92 Å². The zero-order chi connectivity index (χ0) is 21.3. The standard InChI is InChI=1S/C22H24F2N4O2/c1-14(25-21(29)15-5-7-16(23)8-6-15)13-27-11-9-17(10-12-27)28-19-4-2-3-18(24)20(19)26-22(28)30/h2-8,14,17H,9-13H2,1H3,(H,25,29)(H,26,30). The van der Waals surface area contributed by atoms with Gasteiger partial charge in [-0.3, -0.25) is 9.36 Å². The van der Waals surface area contributed by atoms with Crippen molar-refractivity contribution in [2.75, 3.05) is 19.6 Å². The van der Waals surface area contributed by atoms with Gasteiger partial charge in [0.2, 0.25) is 0 Å². The molecule has 0 saturated carbocycles. The molecule has 0 bridgehead atoms. The quantitative estimate of drug-likeness (QED) is 0.674. The molecule has 0 spiro atoms. The fourth-order valence-electron chi connectivity index (χ4n) is 4.18. The maximum Gasteiger partial charge on any atom is 0.326 e. The molecule has 0 radical (unpaired) electrons. The molecule has 1 aromatic heterocycles. The van der Waals surface area contributed by atoms with Gasteiger partial charge >= 0.3 is 5.69 Å². The first-order valence-electron chi connectivity index (χ1n) is 10.1. The second kappa shape index (κ2) is 8.39. The van der Waals surface area contributed by atoms with E-state index in [1.165, 1.54) is 30.3 Å². The van der Waals surface area contributed by atoms with Gasteiger partial charge in [0.15, 0.2) is 0 Å². The number of carbonyl (C=O) groups excluding carboxylic acids is 1. The van der Waals surface area contributed by atoms with E-state index in [2.05, 4.69) is 15.2 Å². The Morgan fingerprint density at radius 1 is 1.17 bits per heavy atom. The van der Waals surface area contributed by atoms with Crippen LogP contribution in [-0.4, -0.2) is 46.0 Å². The second-order valence-electron chi connectivity index (χ2n) is 7.85.